The second-order valence-corrected chi connectivity index (χ2v) is 12.6. The first-order valence-electron chi connectivity index (χ1n) is 12.8. The van der Waals surface area contributed by atoms with Crippen LogP contribution in [0.3, 0.4) is 0 Å². The molecular weight excluding hydrogens is 575 g/mol. The molecule has 0 atom stereocenters. The fraction of sp³-hybridized carbons (Fsp3) is 0.321. The molecule has 4 aromatic rings. The summed E-state index contributed by atoms with van der Waals surface area (Å²) in [6.45, 7) is 3.75. The highest BCUT2D eigenvalue weighted by Gasteiger charge is 2.31. The number of rotatable bonds is 7. The molecule has 0 bridgehead atoms. The van der Waals surface area contributed by atoms with Crippen molar-refractivity contribution in [2.24, 2.45) is 0 Å². The van der Waals surface area contributed by atoms with Crippen molar-refractivity contribution in [1.82, 2.24) is 14.7 Å². The zero-order valence-electron chi connectivity index (χ0n) is 22.1. The topological polar surface area (TPSA) is 117 Å². The lowest BCUT2D eigenvalue weighted by atomic mass is 9.92. The lowest BCUT2D eigenvalue weighted by Gasteiger charge is -2.29. The minimum Gasteiger partial charge on any atom is -0.437 e. The zero-order chi connectivity index (χ0) is 29.4. The molecule has 41 heavy (non-hydrogen) atoms. The molecule has 8 nitrogen and oxygen atoms in total. The maximum atomic E-state index is 12.8. The van der Waals surface area contributed by atoms with Gasteiger partial charge in [-0.1, -0.05) is 0 Å². The van der Waals surface area contributed by atoms with E-state index in [1.807, 2.05) is 25.3 Å². The van der Waals surface area contributed by atoms with Gasteiger partial charge in [0.2, 0.25) is 21.9 Å². The van der Waals surface area contributed by atoms with Crippen molar-refractivity contribution in [2.75, 3.05) is 5.32 Å². The van der Waals surface area contributed by atoms with Gasteiger partial charge in [0, 0.05) is 12.1 Å². The van der Waals surface area contributed by atoms with E-state index in [0.717, 1.165) is 45.6 Å². The van der Waals surface area contributed by atoms with Crippen molar-refractivity contribution in [1.29, 1.82) is 5.26 Å². The highest BCUT2D eigenvalue weighted by Crippen LogP contribution is 2.36. The Kier molecular flexibility index (Phi) is 7.91. The number of benzene rings is 2. The van der Waals surface area contributed by atoms with Crippen LogP contribution in [0.25, 0.3) is 10.2 Å². The lowest BCUT2D eigenvalue weighted by Crippen LogP contribution is -2.40. The van der Waals surface area contributed by atoms with Crippen LogP contribution >= 0.6 is 11.3 Å². The van der Waals surface area contributed by atoms with E-state index in [1.165, 1.54) is 11.3 Å². The molecule has 2 heterocycles. The van der Waals surface area contributed by atoms with Gasteiger partial charge >= 0.3 is 6.18 Å². The van der Waals surface area contributed by atoms with Gasteiger partial charge in [-0.25, -0.2) is 18.1 Å². The molecule has 1 aliphatic rings. The summed E-state index contributed by atoms with van der Waals surface area (Å²) < 4.78 is 73.6. The maximum Gasteiger partial charge on any atom is 0.416 e. The third kappa shape index (κ3) is 6.45. The average molecular weight is 602 g/mol. The number of halogens is 3. The fourth-order valence-corrected chi connectivity index (χ4v) is 6.95. The first kappa shape index (κ1) is 28.8. The third-order valence-electron chi connectivity index (χ3n) is 6.93. The summed E-state index contributed by atoms with van der Waals surface area (Å²) >= 11 is 1.46. The van der Waals surface area contributed by atoms with Gasteiger partial charge in [-0.05, 0) is 98.5 Å². The molecule has 1 aliphatic carbocycles. The number of sulfonamides is 1. The Bertz CT molecular complexity index is 1700. The van der Waals surface area contributed by atoms with E-state index < -0.39 is 21.8 Å². The highest BCUT2D eigenvalue weighted by atomic mass is 32.2. The Morgan fingerprint density at radius 2 is 1.63 bits per heavy atom. The van der Waals surface area contributed by atoms with Crippen LogP contribution in [0.15, 0.2) is 52.7 Å². The molecule has 2 N–H and O–H groups in total. The minimum atomic E-state index is -4.53. The molecule has 214 valence electrons. The van der Waals surface area contributed by atoms with E-state index in [2.05, 4.69) is 26.1 Å². The van der Waals surface area contributed by atoms with E-state index in [4.69, 9.17) is 4.74 Å². The van der Waals surface area contributed by atoms with Gasteiger partial charge in [0.15, 0.2) is 0 Å². The summed E-state index contributed by atoms with van der Waals surface area (Å²) in [5, 5.41) is 14.5. The number of nitrogens with zero attached hydrogens (tertiary/aromatic N) is 3. The van der Waals surface area contributed by atoms with Crippen LogP contribution in [0.5, 0.6) is 11.6 Å². The van der Waals surface area contributed by atoms with E-state index in [0.29, 0.717) is 48.8 Å². The van der Waals surface area contributed by atoms with Gasteiger partial charge < -0.3 is 10.1 Å². The Morgan fingerprint density at radius 1 is 1.00 bits per heavy atom. The molecule has 2 aromatic carbocycles. The Labute approximate surface area is 239 Å². The summed E-state index contributed by atoms with van der Waals surface area (Å²) in [4.78, 5) is 9.05. The van der Waals surface area contributed by atoms with Crippen LogP contribution < -0.4 is 14.8 Å². The van der Waals surface area contributed by atoms with Gasteiger partial charge in [0.1, 0.15) is 10.4 Å². The third-order valence-corrected chi connectivity index (χ3v) is 9.36. The molecule has 0 spiro atoms. The van der Waals surface area contributed by atoms with Crippen LogP contribution in [0, 0.1) is 25.2 Å². The number of hydrogen-bond donors (Lipinski definition) is 2. The van der Waals surface area contributed by atoms with Gasteiger partial charge in [-0.3, -0.25) is 0 Å². The highest BCUT2D eigenvalue weighted by molar-refractivity contribution is 7.89. The predicted octanol–water partition coefficient (Wildman–Crippen LogP) is 6.69. The van der Waals surface area contributed by atoms with Crippen molar-refractivity contribution in [2.45, 2.75) is 62.7 Å². The summed E-state index contributed by atoms with van der Waals surface area (Å²) in [5.41, 5.74) is 2.01. The fourth-order valence-electron chi connectivity index (χ4n) is 4.89. The maximum absolute atomic E-state index is 12.8. The van der Waals surface area contributed by atoms with Gasteiger partial charge in [0.05, 0.1) is 27.6 Å². The molecule has 0 unspecified atom stereocenters. The monoisotopic (exact) mass is 601 g/mol. The molecule has 13 heteroatoms. The molecule has 2 aromatic heterocycles. The Hall–Kier alpha value is -3.73. The number of fused-ring (bicyclic) bond motifs is 1. The van der Waals surface area contributed by atoms with E-state index >= 15 is 0 Å². The molecule has 5 rings (SSSR count). The predicted molar refractivity (Wildman–Crippen MR) is 150 cm³/mol. The van der Waals surface area contributed by atoms with Gasteiger partial charge in [0.25, 0.3) is 0 Å². The van der Waals surface area contributed by atoms with Crippen LogP contribution in [0.1, 0.15) is 47.9 Å². The van der Waals surface area contributed by atoms with Crippen molar-refractivity contribution in [3.63, 3.8) is 0 Å². The van der Waals surface area contributed by atoms with E-state index in [-0.39, 0.29) is 17.0 Å². The summed E-state index contributed by atoms with van der Waals surface area (Å²) in [6, 6.07) is 10.7. The van der Waals surface area contributed by atoms with Crippen LogP contribution in [-0.4, -0.2) is 30.5 Å². The smallest absolute Gasteiger partial charge is 0.416 e. The number of aryl methyl sites for hydroxylation is 2. The number of thiophene rings is 1. The minimum absolute atomic E-state index is 0.0101. The molecular formula is C28H26F3N5O3S2. The average Bonchev–Trinajstić information content (AvgIpc) is 3.40. The molecule has 0 amide bonds. The number of nitrogens with one attached hydrogen (secondary N) is 2. The van der Waals surface area contributed by atoms with Crippen molar-refractivity contribution < 1.29 is 26.3 Å². The zero-order valence-corrected chi connectivity index (χ0v) is 23.8. The van der Waals surface area contributed by atoms with Crippen LogP contribution in [-0.2, 0) is 16.2 Å². The number of ether oxygens (including phenoxy) is 1. The largest absolute Gasteiger partial charge is 0.437 e. The van der Waals surface area contributed by atoms with E-state index in [1.54, 1.807) is 12.1 Å². The second kappa shape index (κ2) is 11.3. The lowest BCUT2D eigenvalue weighted by molar-refractivity contribution is -0.137. The Morgan fingerprint density at radius 3 is 2.24 bits per heavy atom. The summed E-state index contributed by atoms with van der Waals surface area (Å²) in [6.07, 6.45) is -2.20. The number of nitriles is 1. The number of alkyl halides is 3. The van der Waals surface area contributed by atoms with Crippen LogP contribution in [0.2, 0.25) is 0 Å². The van der Waals surface area contributed by atoms with Crippen molar-refractivity contribution in [3.05, 3.63) is 70.1 Å². The standard InChI is InChI=1S/C28H26F3N5O3S2/c1-16-13-18(15-32)14-17(2)24(16)39-26-25-23(11-12-40-25)34-27(35-26)33-20-5-7-21(8-6-20)36-41(37,38)22-9-3-19(4-10-22)28(29,30)31/h3-4,9-14,20-21,36H,5-8H2,1-2H3,(H,33,34,35). The van der Waals surface area contributed by atoms with Crippen molar-refractivity contribution in [3.8, 4) is 17.7 Å². The van der Waals surface area contributed by atoms with Crippen molar-refractivity contribution >= 4 is 37.5 Å². The normalized spacial score (nSPS) is 17.8. The molecule has 0 radical (unpaired) electrons. The molecule has 1 saturated carbocycles. The van der Waals surface area contributed by atoms with Crippen LogP contribution in [0.4, 0.5) is 19.1 Å². The number of aromatic nitrogens is 2. The second-order valence-electron chi connectivity index (χ2n) is 9.98. The number of hydrogen-bond acceptors (Lipinski definition) is 8. The molecule has 0 aliphatic heterocycles. The number of anilines is 1. The quantitative estimate of drug-likeness (QED) is 0.242. The Balaban J connectivity index is 1.25. The summed E-state index contributed by atoms with van der Waals surface area (Å²) in [5.74, 6) is 1.43. The van der Waals surface area contributed by atoms with Gasteiger partial charge in [-0.15, -0.1) is 11.3 Å². The first-order valence-corrected chi connectivity index (χ1v) is 15.2. The van der Waals surface area contributed by atoms with E-state index in [9.17, 15) is 26.9 Å². The van der Waals surface area contributed by atoms with Gasteiger partial charge in [-0.2, -0.15) is 23.4 Å². The summed E-state index contributed by atoms with van der Waals surface area (Å²) in [7, 11) is -3.96. The molecule has 0 saturated heterocycles. The first-order chi connectivity index (χ1) is 19.4. The molecule has 1 fully saturated rings. The SMILES string of the molecule is Cc1cc(C#N)cc(C)c1Oc1nc(NC2CCC(NS(=O)(=O)c3ccc(C(F)(F)F)cc3)CC2)nc2ccsc12.